The molecule has 0 bridgehead atoms. The summed E-state index contributed by atoms with van der Waals surface area (Å²) in [6.07, 6.45) is 6.42. The summed E-state index contributed by atoms with van der Waals surface area (Å²) in [4.78, 5) is 8.52. The van der Waals surface area contributed by atoms with E-state index >= 15 is 0 Å². The van der Waals surface area contributed by atoms with Crippen LogP contribution < -0.4 is 10.6 Å². The lowest BCUT2D eigenvalue weighted by Crippen LogP contribution is -2.33. The van der Waals surface area contributed by atoms with E-state index in [1.807, 2.05) is 0 Å². The zero-order valence-electron chi connectivity index (χ0n) is 10.6. The van der Waals surface area contributed by atoms with Gasteiger partial charge in [-0.2, -0.15) is 0 Å². The highest BCUT2D eigenvalue weighted by Gasteiger charge is 2.12. The van der Waals surface area contributed by atoms with Crippen molar-refractivity contribution in [3.05, 3.63) is 18.1 Å². The van der Waals surface area contributed by atoms with Gasteiger partial charge >= 0.3 is 0 Å². The molecule has 94 valence electrons. The van der Waals surface area contributed by atoms with E-state index in [4.69, 9.17) is 0 Å². The molecule has 0 aromatic carbocycles. The standard InChI is InChI=1S/C13H22N4/c1-2-4-12-7-13(17-10-16-12)15-9-11-5-3-6-14-8-11/h7,10-11,14H,2-6,8-9H2,1H3,(H,15,16,17). The number of anilines is 1. The van der Waals surface area contributed by atoms with Crippen LogP contribution in [0.4, 0.5) is 5.82 Å². The number of rotatable bonds is 5. The number of aromatic nitrogens is 2. The quantitative estimate of drug-likeness (QED) is 0.816. The first-order chi connectivity index (χ1) is 8.38. The fourth-order valence-electron chi connectivity index (χ4n) is 2.23. The Labute approximate surface area is 103 Å². The summed E-state index contributed by atoms with van der Waals surface area (Å²) in [6, 6.07) is 2.07. The number of nitrogens with one attached hydrogen (secondary N) is 2. The third-order valence-corrected chi connectivity index (χ3v) is 3.20. The van der Waals surface area contributed by atoms with Crippen LogP contribution in [0.5, 0.6) is 0 Å². The monoisotopic (exact) mass is 234 g/mol. The summed E-state index contributed by atoms with van der Waals surface area (Å²) in [6.45, 7) is 5.48. The summed E-state index contributed by atoms with van der Waals surface area (Å²) >= 11 is 0. The molecule has 4 nitrogen and oxygen atoms in total. The van der Waals surface area contributed by atoms with Gasteiger partial charge in [0, 0.05) is 18.3 Å². The largest absolute Gasteiger partial charge is 0.370 e. The van der Waals surface area contributed by atoms with Gasteiger partial charge in [-0.05, 0) is 38.3 Å². The molecule has 1 fully saturated rings. The summed E-state index contributed by atoms with van der Waals surface area (Å²) in [5.74, 6) is 1.70. The third-order valence-electron chi connectivity index (χ3n) is 3.20. The van der Waals surface area contributed by atoms with E-state index in [-0.39, 0.29) is 0 Å². The number of hydrogen-bond acceptors (Lipinski definition) is 4. The van der Waals surface area contributed by atoms with Gasteiger partial charge < -0.3 is 10.6 Å². The van der Waals surface area contributed by atoms with E-state index in [0.717, 1.165) is 43.4 Å². The fourth-order valence-corrected chi connectivity index (χ4v) is 2.23. The minimum absolute atomic E-state index is 0.730. The van der Waals surface area contributed by atoms with Gasteiger partial charge in [-0.15, -0.1) is 0 Å². The van der Waals surface area contributed by atoms with Crippen molar-refractivity contribution in [1.82, 2.24) is 15.3 Å². The van der Waals surface area contributed by atoms with Crippen LogP contribution in [0.15, 0.2) is 12.4 Å². The average Bonchev–Trinajstić information content (AvgIpc) is 2.39. The van der Waals surface area contributed by atoms with Crippen LogP contribution in [0.25, 0.3) is 0 Å². The Morgan fingerprint density at radius 2 is 2.41 bits per heavy atom. The summed E-state index contributed by atoms with van der Waals surface area (Å²) < 4.78 is 0. The van der Waals surface area contributed by atoms with E-state index in [1.54, 1.807) is 6.33 Å². The highest BCUT2D eigenvalue weighted by atomic mass is 15.0. The molecule has 2 rings (SSSR count). The van der Waals surface area contributed by atoms with Gasteiger partial charge in [-0.1, -0.05) is 13.3 Å². The number of nitrogens with zero attached hydrogens (tertiary/aromatic N) is 2. The number of hydrogen-bond donors (Lipinski definition) is 2. The van der Waals surface area contributed by atoms with Gasteiger partial charge in [0.2, 0.25) is 0 Å². The maximum absolute atomic E-state index is 4.26. The smallest absolute Gasteiger partial charge is 0.129 e. The first-order valence-electron chi connectivity index (χ1n) is 6.64. The molecule has 1 aromatic heterocycles. The van der Waals surface area contributed by atoms with Crippen LogP contribution in [0.3, 0.4) is 0 Å². The van der Waals surface area contributed by atoms with Crippen LogP contribution >= 0.6 is 0 Å². The Kier molecular flexibility index (Phi) is 4.74. The zero-order chi connectivity index (χ0) is 11.9. The number of aryl methyl sites for hydroxylation is 1. The van der Waals surface area contributed by atoms with Crippen molar-refractivity contribution < 1.29 is 0 Å². The van der Waals surface area contributed by atoms with Gasteiger partial charge in [0.25, 0.3) is 0 Å². The molecule has 0 radical (unpaired) electrons. The third kappa shape index (κ3) is 3.97. The van der Waals surface area contributed by atoms with Crippen LogP contribution in [-0.2, 0) is 6.42 Å². The second kappa shape index (κ2) is 6.55. The topological polar surface area (TPSA) is 49.8 Å². The lowest BCUT2D eigenvalue weighted by molar-refractivity contribution is 0.392. The second-order valence-corrected chi connectivity index (χ2v) is 4.74. The molecular formula is C13H22N4. The van der Waals surface area contributed by atoms with E-state index in [9.17, 15) is 0 Å². The Morgan fingerprint density at radius 3 is 3.18 bits per heavy atom. The maximum Gasteiger partial charge on any atom is 0.129 e. The first kappa shape index (κ1) is 12.3. The molecule has 4 heteroatoms. The molecule has 0 saturated carbocycles. The van der Waals surface area contributed by atoms with Crippen LogP contribution in [0.1, 0.15) is 31.9 Å². The van der Waals surface area contributed by atoms with Gasteiger partial charge in [0.05, 0.1) is 0 Å². The van der Waals surface area contributed by atoms with E-state index in [1.165, 1.54) is 19.4 Å². The molecule has 1 aliphatic heterocycles. The van der Waals surface area contributed by atoms with Gasteiger partial charge in [0.1, 0.15) is 12.1 Å². The van der Waals surface area contributed by atoms with E-state index in [2.05, 4.69) is 33.6 Å². The highest BCUT2D eigenvalue weighted by Crippen LogP contribution is 2.12. The highest BCUT2D eigenvalue weighted by molar-refractivity contribution is 5.34. The van der Waals surface area contributed by atoms with Crippen molar-refractivity contribution in [1.29, 1.82) is 0 Å². The molecule has 1 aromatic rings. The predicted molar refractivity (Wildman–Crippen MR) is 70.1 cm³/mol. The molecule has 1 atom stereocenters. The lowest BCUT2D eigenvalue weighted by Gasteiger charge is -2.23. The molecule has 1 unspecified atom stereocenters. The molecule has 0 spiro atoms. The van der Waals surface area contributed by atoms with Crippen molar-refractivity contribution >= 4 is 5.82 Å². The molecular weight excluding hydrogens is 212 g/mol. The van der Waals surface area contributed by atoms with Crippen LogP contribution in [-0.4, -0.2) is 29.6 Å². The van der Waals surface area contributed by atoms with Crippen LogP contribution in [0, 0.1) is 5.92 Å². The summed E-state index contributed by atoms with van der Waals surface area (Å²) in [5.41, 5.74) is 1.13. The predicted octanol–water partition coefficient (Wildman–Crippen LogP) is 1.84. The van der Waals surface area contributed by atoms with Gasteiger partial charge in [-0.25, -0.2) is 9.97 Å². The molecule has 0 amide bonds. The Bertz CT molecular complexity index is 334. The SMILES string of the molecule is CCCc1cc(NCC2CCCNC2)ncn1. The van der Waals surface area contributed by atoms with E-state index < -0.39 is 0 Å². The van der Waals surface area contributed by atoms with Crippen molar-refractivity contribution in [2.45, 2.75) is 32.6 Å². The van der Waals surface area contributed by atoms with E-state index in [0.29, 0.717) is 0 Å². The van der Waals surface area contributed by atoms with Crippen molar-refractivity contribution in [2.75, 3.05) is 25.0 Å². The molecule has 2 N–H and O–H groups in total. The molecule has 0 aliphatic carbocycles. The molecule has 2 heterocycles. The fraction of sp³-hybridized carbons (Fsp3) is 0.692. The summed E-state index contributed by atoms with van der Waals surface area (Å²) in [5, 5.41) is 6.85. The van der Waals surface area contributed by atoms with Crippen molar-refractivity contribution in [3.63, 3.8) is 0 Å². The summed E-state index contributed by atoms with van der Waals surface area (Å²) in [7, 11) is 0. The van der Waals surface area contributed by atoms with Gasteiger partial charge in [0.15, 0.2) is 0 Å². The van der Waals surface area contributed by atoms with Crippen LogP contribution in [0.2, 0.25) is 0 Å². The Morgan fingerprint density at radius 1 is 1.47 bits per heavy atom. The maximum atomic E-state index is 4.26. The molecule has 1 aliphatic rings. The average molecular weight is 234 g/mol. The minimum atomic E-state index is 0.730. The second-order valence-electron chi connectivity index (χ2n) is 4.74. The van der Waals surface area contributed by atoms with Gasteiger partial charge in [-0.3, -0.25) is 0 Å². The minimum Gasteiger partial charge on any atom is -0.370 e. The normalized spacial score (nSPS) is 20.2. The molecule has 17 heavy (non-hydrogen) atoms. The lowest BCUT2D eigenvalue weighted by atomic mass is 10.00. The zero-order valence-corrected chi connectivity index (χ0v) is 10.6. The number of piperidine rings is 1. The van der Waals surface area contributed by atoms with Crippen molar-refractivity contribution in [2.24, 2.45) is 5.92 Å². The van der Waals surface area contributed by atoms with Crippen molar-refractivity contribution in [3.8, 4) is 0 Å². The molecule has 1 saturated heterocycles. The first-order valence-corrected chi connectivity index (χ1v) is 6.64. The Balaban J connectivity index is 1.83. The Hall–Kier alpha value is -1.16.